The van der Waals surface area contributed by atoms with E-state index in [1.54, 1.807) is 0 Å². The van der Waals surface area contributed by atoms with Crippen LogP contribution in [0.5, 0.6) is 0 Å². The molecule has 1 saturated heterocycles. The highest BCUT2D eigenvalue weighted by Crippen LogP contribution is 2.36. The Morgan fingerprint density at radius 3 is 2.53 bits per heavy atom. The van der Waals surface area contributed by atoms with Gasteiger partial charge < -0.3 is 10.8 Å². The molecule has 0 saturated carbocycles. The van der Waals surface area contributed by atoms with Crippen molar-refractivity contribution in [3.8, 4) is 0 Å². The fourth-order valence-corrected chi connectivity index (χ4v) is 5.42. The van der Waals surface area contributed by atoms with E-state index in [1.165, 1.54) is 10.4 Å². The number of nitrogens with zero attached hydrogens (tertiary/aromatic N) is 1. The summed E-state index contributed by atoms with van der Waals surface area (Å²) in [4.78, 5) is 0. The minimum Gasteiger partial charge on any atom is -0.392 e. The predicted octanol–water partition coefficient (Wildman–Crippen LogP) is 1.56. The molecule has 2 atom stereocenters. The molecule has 0 bridgehead atoms. The Morgan fingerprint density at radius 2 is 2.05 bits per heavy atom. The summed E-state index contributed by atoms with van der Waals surface area (Å²) in [5, 5.41) is 9.80. The number of hydrogen-bond acceptors (Lipinski definition) is 5. The lowest BCUT2D eigenvalue weighted by Gasteiger charge is -2.32. The summed E-state index contributed by atoms with van der Waals surface area (Å²) in [6, 6.07) is 0.950. The van der Waals surface area contributed by atoms with Crippen molar-refractivity contribution < 1.29 is 13.5 Å². The molecule has 0 amide bonds. The van der Waals surface area contributed by atoms with E-state index in [1.807, 2.05) is 0 Å². The van der Waals surface area contributed by atoms with Crippen LogP contribution in [-0.4, -0.2) is 43.1 Å². The predicted molar refractivity (Wildman–Crippen MR) is 78.9 cm³/mol. The van der Waals surface area contributed by atoms with Crippen molar-refractivity contribution in [1.29, 1.82) is 0 Å². The van der Waals surface area contributed by atoms with E-state index >= 15 is 0 Å². The zero-order chi connectivity index (χ0) is 13.5. The molecule has 0 spiro atoms. The van der Waals surface area contributed by atoms with Gasteiger partial charge >= 0.3 is 0 Å². The quantitative estimate of drug-likeness (QED) is 0.831. The third-order valence-electron chi connectivity index (χ3n) is 2.64. The van der Waals surface area contributed by atoms with Gasteiger partial charge in [-0.3, -0.25) is 0 Å². The van der Waals surface area contributed by atoms with Crippen LogP contribution >= 0.6 is 46.9 Å². The molecule has 2 heterocycles. The first kappa shape index (κ1) is 17.5. The molecule has 0 unspecified atom stereocenters. The second-order valence-electron chi connectivity index (χ2n) is 4.16. The minimum atomic E-state index is -3.69. The maximum absolute atomic E-state index is 12.3. The average molecular weight is 368 g/mol. The first-order chi connectivity index (χ1) is 8.30. The number of thiophene rings is 1. The molecule has 2 rings (SSSR count). The van der Waals surface area contributed by atoms with E-state index in [0.29, 0.717) is 6.42 Å². The van der Waals surface area contributed by atoms with Gasteiger partial charge in [-0.25, -0.2) is 8.42 Å². The van der Waals surface area contributed by atoms with Crippen molar-refractivity contribution >= 4 is 57.0 Å². The molecule has 1 aliphatic heterocycles. The van der Waals surface area contributed by atoms with Crippen LogP contribution < -0.4 is 5.73 Å². The van der Waals surface area contributed by atoms with E-state index in [-0.39, 0.29) is 45.1 Å². The molecule has 10 heteroatoms. The lowest BCUT2D eigenvalue weighted by molar-refractivity contribution is 0.0975. The molecule has 1 aliphatic rings. The maximum Gasteiger partial charge on any atom is 0.252 e. The minimum absolute atomic E-state index is 0. The molecule has 1 fully saturated rings. The smallest absolute Gasteiger partial charge is 0.252 e. The Labute approximate surface area is 131 Å². The van der Waals surface area contributed by atoms with Crippen molar-refractivity contribution in [2.24, 2.45) is 5.73 Å². The largest absolute Gasteiger partial charge is 0.392 e. The molecule has 1 aromatic rings. The van der Waals surface area contributed by atoms with Crippen LogP contribution in [0.1, 0.15) is 6.42 Å². The van der Waals surface area contributed by atoms with Crippen LogP contribution in [0.15, 0.2) is 10.3 Å². The van der Waals surface area contributed by atoms with Gasteiger partial charge in [0.2, 0.25) is 0 Å². The SMILES string of the molecule is Cl.N[C@H]1C[C@@H](O)CN(S(=O)(=O)c2cc(Cl)c(Cl)s2)C1. The van der Waals surface area contributed by atoms with Crippen LogP contribution in [0, 0.1) is 0 Å². The Hall–Kier alpha value is 0.400. The zero-order valence-electron chi connectivity index (χ0n) is 9.62. The van der Waals surface area contributed by atoms with Gasteiger partial charge in [0.25, 0.3) is 10.0 Å². The topological polar surface area (TPSA) is 83.6 Å². The Balaban J connectivity index is 0.00000180. The van der Waals surface area contributed by atoms with Crippen LogP contribution in [0.4, 0.5) is 0 Å². The van der Waals surface area contributed by atoms with Crippen LogP contribution in [-0.2, 0) is 10.0 Å². The summed E-state index contributed by atoms with van der Waals surface area (Å²) in [5.74, 6) is 0. The van der Waals surface area contributed by atoms with Gasteiger partial charge in [-0.2, -0.15) is 4.31 Å². The Morgan fingerprint density at radius 1 is 1.42 bits per heavy atom. The normalized spacial score (nSPS) is 25.1. The molecule has 110 valence electrons. The van der Waals surface area contributed by atoms with Gasteiger partial charge in [0.15, 0.2) is 0 Å². The summed E-state index contributed by atoms with van der Waals surface area (Å²) in [6.45, 7) is 0.232. The van der Waals surface area contributed by atoms with E-state index in [0.717, 1.165) is 11.3 Å². The van der Waals surface area contributed by atoms with E-state index in [9.17, 15) is 13.5 Å². The van der Waals surface area contributed by atoms with Gasteiger partial charge in [0, 0.05) is 19.1 Å². The average Bonchev–Trinajstić information content (AvgIpc) is 2.58. The van der Waals surface area contributed by atoms with Gasteiger partial charge in [-0.1, -0.05) is 23.2 Å². The highest BCUT2D eigenvalue weighted by Gasteiger charge is 2.34. The van der Waals surface area contributed by atoms with Crippen molar-refractivity contribution in [2.45, 2.75) is 22.8 Å². The number of halogens is 3. The standard InChI is InChI=1S/C9H12Cl2N2O3S2.ClH/c10-7-2-8(17-9(7)11)18(15,16)13-3-5(12)1-6(14)4-13;/h2,5-6,14H,1,3-4,12H2;1H/t5-,6+;/m0./s1. The summed E-state index contributed by atoms with van der Waals surface area (Å²) in [6.07, 6.45) is -0.341. The van der Waals surface area contributed by atoms with Gasteiger partial charge in [-0.05, 0) is 12.5 Å². The fraction of sp³-hybridized carbons (Fsp3) is 0.556. The van der Waals surface area contributed by atoms with Gasteiger partial charge in [0.05, 0.1) is 11.1 Å². The third-order valence-corrected chi connectivity index (χ3v) is 6.79. The number of aliphatic hydroxyl groups excluding tert-OH is 1. The lowest BCUT2D eigenvalue weighted by Crippen LogP contribution is -2.51. The first-order valence-electron chi connectivity index (χ1n) is 5.19. The number of piperidine rings is 1. The third kappa shape index (κ3) is 3.74. The van der Waals surface area contributed by atoms with E-state index in [2.05, 4.69) is 0 Å². The molecular weight excluding hydrogens is 355 g/mol. The number of sulfonamides is 1. The van der Waals surface area contributed by atoms with Crippen molar-refractivity contribution in [1.82, 2.24) is 4.31 Å². The molecule has 0 radical (unpaired) electrons. The molecule has 3 N–H and O–H groups in total. The summed E-state index contributed by atoms with van der Waals surface area (Å²) in [5.41, 5.74) is 5.71. The molecule has 0 aliphatic carbocycles. The van der Waals surface area contributed by atoms with Crippen LogP contribution in [0.25, 0.3) is 0 Å². The number of rotatable bonds is 2. The van der Waals surface area contributed by atoms with E-state index < -0.39 is 16.1 Å². The molecule has 19 heavy (non-hydrogen) atoms. The van der Waals surface area contributed by atoms with Crippen molar-refractivity contribution in [3.63, 3.8) is 0 Å². The molecule has 5 nitrogen and oxygen atoms in total. The number of aliphatic hydroxyl groups is 1. The second-order valence-corrected chi connectivity index (χ2v) is 8.38. The fourth-order valence-electron chi connectivity index (χ4n) is 1.85. The monoisotopic (exact) mass is 366 g/mol. The highest BCUT2D eigenvalue weighted by atomic mass is 35.5. The summed E-state index contributed by atoms with van der Waals surface area (Å²) < 4.78 is 26.1. The molecule has 1 aromatic heterocycles. The Kier molecular flexibility index (Phi) is 5.92. The summed E-state index contributed by atoms with van der Waals surface area (Å²) >= 11 is 12.4. The number of hydrogen-bond donors (Lipinski definition) is 2. The van der Waals surface area contributed by atoms with Crippen molar-refractivity contribution in [3.05, 3.63) is 15.4 Å². The second kappa shape index (κ2) is 6.44. The van der Waals surface area contributed by atoms with Crippen LogP contribution in [0.3, 0.4) is 0 Å². The Bertz CT molecular complexity index is 519. The number of β-amino-alcohol motifs (C(OH)–C–C–N with tert-alkyl or cyclic N) is 1. The van der Waals surface area contributed by atoms with Crippen LogP contribution in [0.2, 0.25) is 9.36 Å². The van der Waals surface area contributed by atoms with Gasteiger partial charge in [0.1, 0.15) is 8.55 Å². The highest BCUT2D eigenvalue weighted by molar-refractivity contribution is 7.91. The molecule has 0 aromatic carbocycles. The van der Waals surface area contributed by atoms with Crippen molar-refractivity contribution in [2.75, 3.05) is 13.1 Å². The van der Waals surface area contributed by atoms with E-state index in [4.69, 9.17) is 28.9 Å². The van der Waals surface area contributed by atoms with Gasteiger partial charge in [-0.15, -0.1) is 23.7 Å². The lowest BCUT2D eigenvalue weighted by atomic mass is 10.1. The number of nitrogens with two attached hydrogens (primary N) is 1. The molecular formula is C9H13Cl3N2O3S2. The first-order valence-corrected chi connectivity index (χ1v) is 8.20. The zero-order valence-corrected chi connectivity index (χ0v) is 13.6. The summed E-state index contributed by atoms with van der Waals surface area (Å²) in [7, 11) is -3.69. The maximum atomic E-state index is 12.3.